The van der Waals surface area contributed by atoms with Crippen molar-refractivity contribution in [2.75, 3.05) is 7.11 Å². The van der Waals surface area contributed by atoms with E-state index in [0.29, 0.717) is 5.75 Å². The van der Waals surface area contributed by atoms with Crippen LogP contribution in [0.15, 0.2) is 12.1 Å². The molecular formula is C13H16O5. The lowest BCUT2D eigenvalue weighted by Gasteiger charge is -2.36. The maximum Gasteiger partial charge on any atom is 0.217 e. The van der Waals surface area contributed by atoms with Crippen molar-refractivity contribution >= 4 is 5.78 Å². The lowest BCUT2D eigenvalue weighted by atomic mass is 9.90. The Bertz CT molecular complexity index is 494. The molecule has 1 aromatic rings. The first-order valence-corrected chi connectivity index (χ1v) is 5.73. The number of Topliss-reactive ketones (excluding diaryl/α,β-unsaturated/α-hetero) is 1. The molecule has 0 saturated heterocycles. The molecule has 5 heteroatoms. The molecule has 0 amide bonds. The first-order chi connectivity index (χ1) is 8.37. The highest BCUT2D eigenvalue weighted by molar-refractivity contribution is 6.02. The number of aromatic hydroxyl groups is 1. The lowest BCUT2D eigenvalue weighted by molar-refractivity contribution is -0.170. The maximum absolute atomic E-state index is 12.0. The number of fused-ring (bicyclic) bond motifs is 1. The van der Waals surface area contributed by atoms with E-state index in [0.717, 1.165) is 0 Å². The molecule has 0 spiro atoms. The van der Waals surface area contributed by atoms with Crippen LogP contribution >= 0.6 is 0 Å². The largest absolute Gasteiger partial charge is 0.507 e. The van der Waals surface area contributed by atoms with Gasteiger partial charge in [0.15, 0.2) is 5.78 Å². The molecule has 2 N–H and O–H groups in total. The maximum atomic E-state index is 12.0. The van der Waals surface area contributed by atoms with Crippen molar-refractivity contribution in [2.45, 2.75) is 26.1 Å². The second kappa shape index (κ2) is 4.17. The first kappa shape index (κ1) is 12.7. The predicted molar refractivity (Wildman–Crippen MR) is 64.0 cm³/mol. The molecule has 1 aliphatic rings. The quantitative estimate of drug-likeness (QED) is 0.838. The molecule has 0 fully saturated rings. The van der Waals surface area contributed by atoms with Gasteiger partial charge in [-0.25, -0.2) is 0 Å². The molecule has 0 aliphatic carbocycles. The summed E-state index contributed by atoms with van der Waals surface area (Å²) in [6, 6.07) is 2.83. The van der Waals surface area contributed by atoms with Crippen molar-refractivity contribution in [1.29, 1.82) is 0 Å². The summed E-state index contributed by atoms with van der Waals surface area (Å²) in [5.74, 6) is -1.80. The summed E-state index contributed by atoms with van der Waals surface area (Å²) in [4.78, 5) is 12.0. The Balaban J connectivity index is 2.53. The monoisotopic (exact) mass is 252 g/mol. The van der Waals surface area contributed by atoms with Crippen molar-refractivity contribution in [3.63, 3.8) is 0 Å². The lowest BCUT2D eigenvalue weighted by Crippen LogP contribution is -2.46. The second-order valence-corrected chi connectivity index (χ2v) is 4.72. The van der Waals surface area contributed by atoms with Gasteiger partial charge in [0.1, 0.15) is 22.8 Å². The Morgan fingerprint density at radius 1 is 1.44 bits per heavy atom. The first-order valence-electron chi connectivity index (χ1n) is 5.73. The van der Waals surface area contributed by atoms with E-state index in [4.69, 9.17) is 9.47 Å². The van der Waals surface area contributed by atoms with Crippen LogP contribution in [0.5, 0.6) is 17.2 Å². The van der Waals surface area contributed by atoms with Crippen molar-refractivity contribution in [3.05, 3.63) is 17.7 Å². The fraction of sp³-hybridized carbons (Fsp3) is 0.462. The SMILES string of the molecule is COc1cc(O)c2c(c1)O[C@@](O)(C(C)C)CC2=O. The van der Waals surface area contributed by atoms with Gasteiger partial charge in [0.05, 0.1) is 13.5 Å². The third-order valence-corrected chi connectivity index (χ3v) is 3.17. The minimum Gasteiger partial charge on any atom is -0.507 e. The molecule has 0 bridgehead atoms. The number of phenols is 1. The van der Waals surface area contributed by atoms with E-state index in [-0.39, 0.29) is 35.2 Å². The minimum atomic E-state index is -1.54. The van der Waals surface area contributed by atoms with Gasteiger partial charge in [-0.2, -0.15) is 0 Å². The van der Waals surface area contributed by atoms with Crippen LogP contribution in [-0.4, -0.2) is 28.9 Å². The second-order valence-electron chi connectivity index (χ2n) is 4.72. The molecular weight excluding hydrogens is 236 g/mol. The molecule has 1 aromatic carbocycles. The van der Waals surface area contributed by atoms with Crippen LogP contribution < -0.4 is 9.47 Å². The zero-order chi connectivity index (χ0) is 13.5. The van der Waals surface area contributed by atoms with E-state index in [9.17, 15) is 15.0 Å². The van der Waals surface area contributed by atoms with Gasteiger partial charge < -0.3 is 19.7 Å². The van der Waals surface area contributed by atoms with E-state index >= 15 is 0 Å². The molecule has 5 nitrogen and oxygen atoms in total. The number of benzene rings is 1. The summed E-state index contributed by atoms with van der Waals surface area (Å²) in [6.07, 6.45) is -0.169. The van der Waals surface area contributed by atoms with Gasteiger partial charge in [-0.15, -0.1) is 0 Å². The molecule has 0 saturated carbocycles. The molecule has 2 rings (SSSR count). The average molecular weight is 252 g/mol. The summed E-state index contributed by atoms with van der Waals surface area (Å²) in [5.41, 5.74) is 0.0983. The zero-order valence-electron chi connectivity index (χ0n) is 10.6. The molecule has 18 heavy (non-hydrogen) atoms. The normalized spacial score (nSPS) is 22.6. The van der Waals surface area contributed by atoms with Crippen LogP contribution in [0.4, 0.5) is 0 Å². The number of rotatable bonds is 2. The summed E-state index contributed by atoms with van der Waals surface area (Å²) in [6.45, 7) is 3.52. The number of ether oxygens (including phenoxy) is 2. The summed E-state index contributed by atoms with van der Waals surface area (Å²) in [5, 5.41) is 20.0. The molecule has 1 aliphatic heterocycles. The molecule has 0 unspecified atom stereocenters. The van der Waals surface area contributed by atoms with Crippen molar-refractivity contribution < 1.29 is 24.5 Å². The third-order valence-electron chi connectivity index (χ3n) is 3.17. The molecule has 1 atom stereocenters. The number of carbonyl (C=O) groups excluding carboxylic acids is 1. The Labute approximate surface area is 105 Å². The molecule has 0 aromatic heterocycles. The number of ketones is 1. The fourth-order valence-corrected chi connectivity index (χ4v) is 1.92. The van der Waals surface area contributed by atoms with E-state index in [1.807, 2.05) is 0 Å². The number of phenolic OH excluding ortho intramolecular Hbond substituents is 1. The average Bonchev–Trinajstić information content (AvgIpc) is 2.27. The smallest absolute Gasteiger partial charge is 0.217 e. The summed E-state index contributed by atoms with van der Waals surface area (Å²) >= 11 is 0. The van der Waals surface area contributed by atoms with Gasteiger partial charge in [0, 0.05) is 18.1 Å². The van der Waals surface area contributed by atoms with Crippen LogP contribution in [0.3, 0.4) is 0 Å². The highest BCUT2D eigenvalue weighted by Crippen LogP contribution is 2.42. The van der Waals surface area contributed by atoms with Gasteiger partial charge >= 0.3 is 0 Å². The summed E-state index contributed by atoms with van der Waals surface area (Å²) in [7, 11) is 1.44. The van der Waals surface area contributed by atoms with Crippen LogP contribution in [0, 0.1) is 5.92 Å². The number of carbonyl (C=O) groups is 1. The van der Waals surface area contributed by atoms with Crippen LogP contribution in [0.2, 0.25) is 0 Å². The molecule has 98 valence electrons. The van der Waals surface area contributed by atoms with Crippen molar-refractivity contribution in [2.24, 2.45) is 5.92 Å². The Morgan fingerprint density at radius 3 is 2.67 bits per heavy atom. The number of hydrogen-bond acceptors (Lipinski definition) is 5. The molecule has 1 heterocycles. The van der Waals surface area contributed by atoms with E-state index < -0.39 is 5.79 Å². The highest BCUT2D eigenvalue weighted by atomic mass is 16.6. The van der Waals surface area contributed by atoms with Crippen LogP contribution in [-0.2, 0) is 0 Å². The van der Waals surface area contributed by atoms with E-state index in [1.54, 1.807) is 13.8 Å². The van der Waals surface area contributed by atoms with Crippen LogP contribution in [0.25, 0.3) is 0 Å². The van der Waals surface area contributed by atoms with Crippen LogP contribution in [0.1, 0.15) is 30.6 Å². The number of hydrogen-bond donors (Lipinski definition) is 2. The number of aliphatic hydroxyl groups is 1. The predicted octanol–water partition coefficient (Wildman–Crippen LogP) is 1.71. The van der Waals surface area contributed by atoms with Gasteiger partial charge in [-0.1, -0.05) is 13.8 Å². The van der Waals surface area contributed by atoms with Crippen molar-refractivity contribution in [3.8, 4) is 17.2 Å². The van der Waals surface area contributed by atoms with Gasteiger partial charge in [-0.3, -0.25) is 4.79 Å². The highest BCUT2D eigenvalue weighted by Gasteiger charge is 2.42. The van der Waals surface area contributed by atoms with E-state index in [1.165, 1.54) is 19.2 Å². The van der Waals surface area contributed by atoms with Crippen molar-refractivity contribution in [1.82, 2.24) is 0 Å². The Hall–Kier alpha value is -1.75. The Kier molecular flexibility index (Phi) is 2.94. The topological polar surface area (TPSA) is 76.0 Å². The Morgan fingerprint density at radius 2 is 2.11 bits per heavy atom. The summed E-state index contributed by atoms with van der Waals surface area (Å²) < 4.78 is 10.5. The number of methoxy groups -OCH3 is 1. The standard InChI is InChI=1S/C13H16O5/c1-7(2)13(16)6-10(15)12-9(14)4-8(17-3)5-11(12)18-13/h4-5,7,14,16H,6H2,1-3H3/t13-/m1/s1. The van der Waals surface area contributed by atoms with Gasteiger partial charge in [0.2, 0.25) is 5.79 Å². The molecule has 0 radical (unpaired) electrons. The zero-order valence-corrected chi connectivity index (χ0v) is 10.6. The fourth-order valence-electron chi connectivity index (χ4n) is 1.92. The van der Waals surface area contributed by atoms with E-state index in [2.05, 4.69) is 0 Å². The van der Waals surface area contributed by atoms with Gasteiger partial charge in [0.25, 0.3) is 0 Å². The third kappa shape index (κ3) is 1.90. The van der Waals surface area contributed by atoms with Gasteiger partial charge in [-0.05, 0) is 0 Å². The minimum absolute atomic E-state index is 0.0983.